The number of rotatable bonds is 7. The van der Waals surface area contributed by atoms with Crippen molar-refractivity contribution >= 4 is 35.2 Å². The van der Waals surface area contributed by atoms with Crippen LogP contribution in [0, 0.1) is 0 Å². The molecule has 0 unspecified atom stereocenters. The average Bonchev–Trinajstić information content (AvgIpc) is 2.75. The molecule has 0 aliphatic heterocycles. The number of anilines is 3. The summed E-state index contributed by atoms with van der Waals surface area (Å²) in [4.78, 5) is 2.09. The van der Waals surface area contributed by atoms with Gasteiger partial charge in [0, 0.05) is 17.1 Å². The van der Waals surface area contributed by atoms with Gasteiger partial charge in [-0.2, -0.15) is 0 Å². The van der Waals surface area contributed by atoms with E-state index in [1.54, 1.807) is 18.2 Å². The Balaban J connectivity index is 2.07. The molecule has 0 aromatic heterocycles. The lowest BCUT2D eigenvalue weighted by Gasteiger charge is -2.26. The van der Waals surface area contributed by atoms with Gasteiger partial charge in [0.25, 0.3) is 0 Å². The fraction of sp³-hybridized carbons (Fsp3) is 0.0400. The van der Waals surface area contributed by atoms with E-state index >= 15 is 0 Å². The fourth-order valence-corrected chi connectivity index (χ4v) is 3.21. The number of allylic oxidation sites excluding steroid dienone is 5. The molecular formula is C25H24BNO2. The maximum absolute atomic E-state index is 9.59. The number of nitrogens with zero attached hydrogens (tertiary/aromatic N) is 1. The summed E-state index contributed by atoms with van der Waals surface area (Å²) in [6.07, 6.45) is 7.82. The Morgan fingerprint density at radius 1 is 0.862 bits per heavy atom. The van der Waals surface area contributed by atoms with Gasteiger partial charge in [-0.3, -0.25) is 0 Å². The van der Waals surface area contributed by atoms with Crippen LogP contribution in [0.4, 0.5) is 17.1 Å². The zero-order valence-corrected chi connectivity index (χ0v) is 16.4. The summed E-state index contributed by atoms with van der Waals surface area (Å²) in [6, 6.07) is 25.5. The zero-order valence-electron chi connectivity index (χ0n) is 16.4. The van der Waals surface area contributed by atoms with Gasteiger partial charge >= 0.3 is 7.12 Å². The first-order chi connectivity index (χ1) is 14.1. The van der Waals surface area contributed by atoms with E-state index < -0.39 is 7.12 Å². The Morgan fingerprint density at radius 3 is 2.14 bits per heavy atom. The molecule has 0 aliphatic rings. The molecule has 144 valence electrons. The second-order valence-corrected chi connectivity index (χ2v) is 6.54. The highest BCUT2D eigenvalue weighted by molar-refractivity contribution is 6.58. The summed E-state index contributed by atoms with van der Waals surface area (Å²) in [6.45, 7) is 5.79. The standard InChI is InChI=1S/C25H24BNO2/c1-3-9-20(10-4-2)21-15-17-24(18-16-21)27(23-12-6-5-7-13-23)25-14-8-11-22(19-25)26(28)29/h3-19,28-29H,1H2,2H3/b10-4-,20-9+. The molecule has 0 atom stereocenters. The van der Waals surface area contributed by atoms with Crippen LogP contribution in [0.2, 0.25) is 0 Å². The van der Waals surface area contributed by atoms with Gasteiger partial charge in [-0.15, -0.1) is 0 Å². The van der Waals surface area contributed by atoms with Crippen LogP contribution in [0.3, 0.4) is 0 Å². The Morgan fingerprint density at radius 2 is 1.52 bits per heavy atom. The van der Waals surface area contributed by atoms with E-state index in [2.05, 4.69) is 41.8 Å². The summed E-state index contributed by atoms with van der Waals surface area (Å²) >= 11 is 0. The third kappa shape index (κ3) is 4.94. The van der Waals surface area contributed by atoms with Crippen molar-refractivity contribution in [1.29, 1.82) is 0 Å². The maximum Gasteiger partial charge on any atom is 0.488 e. The summed E-state index contributed by atoms with van der Waals surface area (Å²) in [5, 5.41) is 19.2. The predicted molar refractivity (Wildman–Crippen MR) is 124 cm³/mol. The van der Waals surface area contributed by atoms with Gasteiger partial charge in [-0.25, -0.2) is 0 Å². The number of hydrogen-bond acceptors (Lipinski definition) is 3. The molecule has 0 saturated carbocycles. The smallest absolute Gasteiger partial charge is 0.423 e. The van der Waals surface area contributed by atoms with Crippen molar-refractivity contribution in [2.24, 2.45) is 0 Å². The molecule has 0 amide bonds. The molecule has 0 saturated heterocycles. The Bertz CT molecular complexity index is 1010. The summed E-state index contributed by atoms with van der Waals surface area (Å²) in [5.74, 6) is 0. The highest BCUT2D eigenvalue weighted by Crippen LogP contribution is 2.34. The molecule has 0 aliphatic carbocycles. The number of para-hydroxylation sites is 1. The van der Waals surface area contributed by atoms with Gasteiger partial charge in [-0.05, 0) is 59.9 Å². The lowest BCUT2D eigenvalue weighted by atomic mass is 9.80. The van der Waals surface area contributed by atoms with E-state index in [1.807, 2.05) is 61.5 Å². The minimum absolute atomic E-state index is 0.448. The summed E-state index contributed by atoms with van der Waals surface area (Å²) in [5.41, 5.74) is 5.45. The first-order valence-electron chi connectivity index (χ1n) is 9.51. The van der Waals surface area contributed by atoms with Crippen molar-refractivity contribution in [2.75, 3.05) is 4.90 Å². The van der Waals surface area contributed by atoms with Crippen molar-refractivity contribution in [2.45, 2.75) is 6.92 Å². The molecule has 0 heterocycles. The van der Waals surface area contributed by atoms with Crippen LogP contribution in [0.15, 0.2) is 110 Å². The van der Waals surface area contributed by atoms with Gasteiger partial charge in [0.05, 0.1) is 0 Å². The minimum atomic E-state index is -1.51. The second kappa shape index (κ2) is 9.74. The number of benzene rings is 3. The SMILES string of the molecule is C=C/C=C(\C=C/C)c1ccc(N(c2ccccc2)c2cccc(B(O)O)c2)cc1. The molecule has 3 nitrogen and oxygen atoms in total. The highest BCUT2D eigenvalue weighted by atomic mass is 16.4. The van der Waals surface area contributed by atoms with E-state index in [9.17, 15) is 10.0 Å². The van der Waals surface area contributed by atoms with Gasteiger partial charge in [0.2, 0.25) is 0 Å². The van der Waals surface area contributed by atoms with Crippen LogP contribution < -0.4 is 10.4 Å². The molecule has 4 heteroatoms. The Kier molecular flexibility index (Phi) is 6.85. The normalized spacial score (nSPS) is 11.5. The van der Waals surface area contributed by atoms with Crippen LogP contribution in [-0.2, 0) is 0 Å². The van der Waals surface area contributed by atoms with Gasteiger partial charge in [0.15, 0.2) is 0 Å². The lowest BCUT2D eigenvalue weighted by molar-refractivity contribution is 0.426. The van der Waals surface area contributed by atoms with Gasteiger partial charge in [-0.1, -0.05) is 73.3 Å². The van der Waals surface area contributed by atoms with E-state index in [0.717, 1.165) is 28.2 Å². The van der Waals surface area contributed by atoms with Crippen LogP contribution in [0.1, 0.15) is 12.5 Å². The third-order valence-electron chi connectivity index (χ3n) is 4.54. The third-order valence-corrected chi connectivity index (χ3v) is 4.54. The molecule has 3 aromatic carbocycles. The largest absolute Gasteiger partial charge is 0.488 e. The molecule has 3 aromatic rings. The summed E-state index contributed by atoms with van der Waals surface area (Å²) < 4.78 is 0. The molecule has 3 rings (SSSR count). The number of hydrogen-bond donors (Lipinski definition) is 2. The molecule has 0 fully saturated rings. The van der Waals surface area contributed by atoms with E-state index in [0.29, 0.717) is 5.46 Å². The lowest BCUT2D eigenvalue weighted by Crippen LogP contribution is -2.30. The van der Waals surface area contributed by atoms with E-state index in [4.69, 9.17) is 0 Å². The topological polar surface area (TPSA) is 43.7 Å². The molecular weight excluding hydrogens is 357 g/mol. The Labute approximate surface area is 172 Å². The zero-order chi connectivity index (χ0) is 20.6. The van der Waals surface area contributed by atoms with Crippen LogP contribution in [-0.4, -0.2) is 17.2 Å². The van der Waals surface area contributed by atoms with Crippen LogP contribution in [0.5, 0.6) is 0 Å². The van der Waals surface area contributed by atoms with Gasteiger partial charge in [0.1, 0.15) is 0 Å². The van der Waals surface area contributed by atoms with Crippen molar-refractivity contribution in [1.82, 2.24) is 0 Å². The molecule has 0 radical (unpaired) electrons. The second-order valence-electron chi connectivity index (χ2n) is 6.54. The van der Waals surface area contributed by atoms with E-state index in [-0.39, 0.29) is 0 Å². The molecule has 0 bridgehead atoms. The van der Waals surface area contributed by atoms with Gasteiger partial charge < -0.3 is 14.9 Å². The quantitative estimate of drug-likeness (QED) is 0.448. The molecule has 2 N–H and O–H groups in total. The van der Waals surface area contributed by atoms with Crippen LogP contribution in [0.25, 0.3) is 5.57 Å². The van der Waals surface area contributed by atoms with Crippen molar-refractivity contribution in [3.05, 3.63) is 115 Å². The molecule has 29 heavy (non-hydrogen) atoms. The van der Waals surface area contributed by atoms with E-state index in [1.165, 1.54) is 0 Å². The first kappa shape index (κ1) is 20.4. The van der Waals surface area contributed by atoms with Crippen molar-refractivity contribution in [3.63, 3.8) is 0 Å². The van der Waals surface area contributed by atoms with Crippen molar-refractivity contribution in [3.8, 4) is 0 Å². The highest BCUT2D eigenvalue weighted by Gasteiger charge is 2.16. The fourth-order valence-electron chi connectivity index (χ4n) is 3.21. The minimum Gasteiger partial charge on any atom is -0.423 e. The average molecular weight is 381 g/mol. The summed E-state index contributed by atoms with van der Waals surface area (Å²) in [7, 11) is -1.51. The Hall–Kier alpha value is -3.34. The first-order valence-corrected chi connectivity index (χ1v) is 9.51. The monoisotopic (exact) mass is 381 g/mol. The predicted octanol–water partition coefficient (Wildman–Crippen LogP) is 4.98. The molecule has 0 spiro atoms. The maximum atomic E-state index is 9.59. The van der Waals surface area contributed by atoms with Crippen molar-refractivity contribution < 1.29 is 10.0 Å². The van der Waals surface area contributed by atoms with Crippen LogP contribution >= 0.6 is 0 Å².